The molecule has 4 amide bonds. The van der Waals surface area contributed by atoms with Gasteiger partial charge in [0.25, 0.3) is 11.8 Å². The number of aromatic nitrogens is 3. The fraction of sp³-hybridized carbons (Fsp3) is 0.444. The maximum atomic E-state index is 12.8. The highest BCUT2D eigenvalue weighted by molar-refractivity contribution is 7.17. The molecule has 5 heterocycles. The van der Waals surface area contributed by atoms with E-state index in [0.717, 1.165) is 48.9 Å². The molecule has 204 valence electrons. The fourth-order valence-corrected chi connectivity index (χ4v) is 5.97. The molecule has 4 N–H and O–H groups in total. The first-order valence-electron chi connectivity index (χ1n) is 13.5. The van der Waals surface area contributed by atoms with Crippen molar-refractivity contribution < 1.29 is 14.4 Å². The van der Waals surface area contributed by atoms with Gasteiger partial charge in [0.2, 0.25) is 0 Å². The summed E-state index contributed by atoms with van der Waals surface area (Å²) < 4.78 is 1.83. The molecule has 1 unspecified atom stereocenters. The van der Waals surface area contributed by atoms with Crippen molar-refractivity contribution in [2.45, 2.75) is 38.6 Å². The van der Waals surface area contributed by atoms with E-state index < -0.39 is 11.9 Å². The molecule has 0 spiro atoms. The van der Waals surface area contributed by atoms with Crippen molar-refractivity contribution >= 4 is 40.9 Å². The fourth-order valence-electron chi connectivity index (χ4n) is 5.09. The molecule has 1 saturated carbocycles. The third-order valence-corrected chi connectivity index (χ3v) is 8.74. The Hall–Kier alpha value is -3.61. The highest BCUT2D eigenvalue weighted by Crippen LogP contribution is 2.46. The van der Waals surface area contributed by atoms with Crippen molar-refractivity contribution in [2.24, 2.45) is 5.92 Å². The Morgan fingerprint density at radius 3 is 2.72 bits per heavy atom. The minimum atomic E-state index is -0.552. The third-order valence-electron chi connectivity index (χ3n) is 7.64. The number of likely N-dealkylation sites (N-methyl/N-ethyl adjacent to an activating group) is 1. The van der Waals surface area contributed by atoms with Gasteiger partial charge in [-0.15, -0.1) is 11.3 Å². The SMILES string of the molecule is CCN(CC)CCNC(=O)c1ccc(-c2cc(C3(CC4CC4)CN3)n3ncc(/C=C4\NC(=O)NC4=O)c3n2)s1. The largest absolute Gasteiger partial charge is 0.350 e. The Kier molecular flexibility index (Phi) is 6.69. The lowest BCUT2D eigenvalue weighted by Crippen LogP contribution is -2.34. The summed E-state index contributed by atoms with van der Waals surface area (Å²) in [6.45, 7) is 8.40. The van der Waals surface area contributed by atoms with Crippen LogP contribution in [-0.4, -0.2) is 70.1 Å². The number of urea groups is 1. The minimum Gasteiger partial charge on any atom is -0.350 e. The van der Waals surface area contributed by atoms with Crippen LogP contribution < -0.4 is 21.3 Å². The summed E-state index contributed by atoms with van der Waals surface area (Å²) >= 11 is 1.41. The molecule has 0 aromatic carbocycles. The van der Waals surface area contributed by atoms with Crippen LogP contribution in [0.2, 0.25) is 0 Å². The Morgan fingerprint density at radius 2 is 2.05 bits per heavy atom. The standard InChI is InChI=1S/C27H32N8O3S/c1-3-34(4-2)10-9-28-25(37)21-8-7-20(39-21)18-12-22(27(15-29-27)13-16-5-6-16)35-23(31-18)17(14-30-35)11-19-24(36)33-26(38)32-19/h7-8,11-12,14,16,29H,3-6,9-10,13,15H2,1-2H3,(H,28,37)(H2,32,33,36,38)/b19-11-. The van der Waals surface area contributed by atoms with Gasteiger partial charge in [-0.1, -0.05) is 26.7 Å². The molecular formula is C27H32N8O3S. The Morgan fingerprint density at radius 1 is 1.26 bits per heavy atom. The lowest BCUT2D eigenvalue weighted by Gasteiger charge is -2.17. The van der Waals surface area contributed by atoms with E-state index in [1.54, 1.807) is 12.3 Å². The van der Waals surface area contributed by atoms with E-state index >= 15 is 0 Å². The smallest absolute Gasteiger partial charge is 0.326 e. The van der Waals surface area contributed by atoms with Gasteiger partial charge in [0.1, 0.15) is 5.70 Å². The maximum absolute atomic E-state index is 12.8. The van der Waals surface area contributed by atoms with Crippen LogP contribution in [0.25, 0.3) is 22.3 Å². The number of amides is 4. The summed E-state index contributed by atoms with van der Waals surface area (Å²) in [5, 5.41) is 16.0. The number of hydrogen-bond acceptors (Lipinski definition) is 8. The zero-order valence-corrected chi connectivity index (χ0v) is 22.9. The first-order valence-corrected chi connectivity index (χ1v) is 14.3. The van der Waals surface area contributed by atoms with Gasteiger partial charge in [-0.3, -0.25) is 14.9 Å². The summed E-state index contributed by atoms with van der Waals surface area (Å²) in [5.41, 5.74) is 2.95. The molecule has 0 radical (unpaired) electrons. The van der Waals surface area contributed by atoms with Crippen molar-refractivity contribution in [2.75, 3.05) is 32.7 Å². The number of nitrogens with zero attached hydrogens (tertiary/aromatic N) is 4. The number of hydrogen-bond donors (Lipinski definition) is 4. The molecule has 39 heavy (non-hydrogen) atoms. The summed E-state index contributed by atoms with van der Waals surface area (Å²) in [5.74, 6) is 0.126. The van der Waals surface area contributed by atoms with E-state index in [9.17, 15) is 14.4 Å². The maximum Gasteiger partial charge on any atom is 0.326 e. The molecule has 3 aromatic heterocycles. The molecule has 1 aliphatic carbocycles. The molecule has 12 heteroatoms. The average Bonchev–Trinajstić information content (AvgIpc) is 3.77. The molecule has 3 aromatic rings. The second-order valence-electron chi connectivity index (χ2n) is 10.4. The van der Waals surface area contributed by atoms with Crippen LogP contribution in [-0.2, 0) is 10.3 Å². The molecule has 0 bridgehead atoms. The first kappa shape index (κ1) is 25.7. The second kappa shape index (κ2) is 10.2. The Labute approximate surface area is 230 Å². The third kappa shape index (κ3) is 5.19. The summed E-state index contributed by atoms with van der Waals surface area (Å²) in [6.07, 6.45) is 6.78. The molecule has 2 saturated heterocycles. The summed E-state index contributed by atoms with van der Waals surface area (Å²) in [6, 6.07) is 5.28. The number of carbonyl (C=O) groups excluding carboxylic acids is 3. The quantitative estimate of drug-likeness (QED) is 0.164. The van der Waals surface area contributed by atoms with Crippen molar-refractivity contribution in [1.82, 2.24) is 40.8 Å². The molecule has 3 fully saturated rings. The van der Waals surface area contributed by atoms with Crippen LogP contribution in [0.3, 0.4) is 0 Å². The van der Waals surface area contributed by atoms with Crippen molar-refractivity contribution in [3.05, 3.63) is 46.2 Å². The molecule has 2 aliphatic heterocycles. The molecule has 6 rings (SSSR count). The van der Waals surface area contributed by atoms with E-state index in [2.05, 4.69) is 51.2 Å². The Balaban J connectivity index is 1.33. The van der Waals surface area contributed by atoms with Crippen LogP contribution in [0.1, 0.15) is 54.0 Å². The van der Waals surface area contributed by atoms with Gasteiger partial charge in [0.15, 0.2) is 5.65 Å². The number of rotatable bonds is 11. The highest BCUT2D eigenvalue weighted by Gasteiger charge is 2.49. The lowest BCUT2D eigenvalue weighted by atomic mass is 9.97. The van der Waals surface area contributed by atoms with Gasteiger partial charge >= 0.3 is 6.03 Å². The lowest BCUT2D eigenvalue weighted by molar-refractivity contribution is -0.115. The van der Waals surface area contributed by atoms with Crippen LogP contribution >= 0.6 is 11.3 Å². The van der Waals surface area contributed by atoms with Gasteiger partial charge in [-0.2, -0.15) is 5.10 Å². The molecule has 11 nitrogen and oxygen atoms in total. The molecular weight excluding hydrogens is 516 g/mol. The van der Waals surface area contributed by atoms with Gasteiger partial charge in [-0.05, 0) is 49.7 Å². The molecule has 3 aliphatic rings. The predicted octanol–water partition coefficient (Wildman–Crippen LogP) is 2.31. The van der Waals surface area contributed by atoms with E-state index in [1.165, 1.54) is 24.2 Å². The van der Waals surface area contributed by atoms with Gasteiger partial charge < -0.3 is 20.9 Å². The average molecular weight is 549 g/mol. The first-order chi connectivity index (χ1) is 18.9. The van der Waals surface area contributed by atoms with E-state index in [1.807, 2.05) is 16.6 Å². The van der Waals surface area contributed by atoms with Crippen molar-refractivity contribution in [3.63, 3.8) is 0 Å². The summed E-state index contributed by atoms with van der Waals surface area (Å²) in [7, 11) is 0. The number of nitrogens with one attached hydrogen (secondary N) is 4. The van der Waals surface area contributed by atoms with Gasteiger partial charge in [0.05, 0.1) is 32.9 Å². The zero-order chi connectivity index (χ0) is 27.1. The number of imide groups is 1. The van der Waals surface area contributed by atoms with Gasteiger partial charge in [-0.25, -0.2) is 14.3 Å². The topological polar surface area (TPSA) is 143 Å². The monoisotopic (exact) mass is 548 g/mol. The molecule has 1 atom stereocenters. The highest BCUT2D eigenvalue weighted by atomic mass is 32.1. The van der Waals surface area contributed by atoms with Crippen LogP contribution in [0.4, 0.5) is 4.79 Å². The number of thiophene rings is 1. The minimum absolute atomic E-state index is 0.0912. The van der Waals surface area contributed by atoms with Gasteiger partial charge in [0, 0.05) is 25.2 Å². The second-order valence-corrected chi connectivity index (χ2v) is 11.4. The van der Waals surface area contributed by atoms with E-state index in [0.29, 0.717) is 28.6 Å². The van der Waals surface area contributed by atoms with Crippen LogP contribution in [0.15, 0.2) is 30.1 Å². The Bertz CT molecular complexity index is 1480. The summed E-state index contributed by atoms with van der Waals surface area (Å²) in [4.78, 5) is 45.3. The van der Waals surface area contributed by atoms with E-state index in [4.69, 9.17) is 4.98 Å². The van der Waals surface area contributed by atoms with Crippen molar-refractivity contribution in [1.29, 1.82) is 0 Å². The van der Waals surface area contributed by atoms with E-state index in [-0.39, 0.29) is 17.1 Å². The normalized spacial score (nSPS) is 21.6. The zero-order valence-electron chi connectivity index (χ0n) is 22.0. The predicted molar refractivity (Wildman–Crippen MR) is 148 cm³/mol. The van der Waals surface area contributed by atoms with Crippen LogP contribution in [0, 0.1) is 5.92 Å². The van der Waals surface area contributed by atoms with Crippen molar-refractivity contribution in [3.8, 4) is 10.6 Å². The number of fused-ring (bicyclic) bond motifs is 1. The number of carbonyl (C=O) groups is 3. The van der Waals surface area contributed by atoms with Crippen LogP contribution in [0.5, 0.6) is 0 Å².